The lowest BCUT2D eigenvalue weighted by Crippen LogP contribution is -2.30. The van der Waals surface area contributed by atoms with E-state index in [1.54, 1.807) is 0 Å². The summed E-state index contributed by atoms with van der Waals surface area (Å²) in [5.41, 5.74) is -0.706. The molecule has 0 radical (unpaired) electrons. The standard InChI is InChI=1S/C15H13F2N3O5/c1-8(14(21)18-12-4-3-9(16)5-11(12)17)25-15(22)13-6-10(20(23)24)7-19(13)2/h3-8H,1-2H3,(H,18,21). The Morgan fingerprint density at radius 2 is 2.00 bits per heavy atom. The maximum absolute atomic E-state index is 13.5. The minimum absolute atomic E-state index is 0.126. The first-order valence-electron chi connectivity index (χ1n) is 6.96. The number of anilines is 1. The van der Waals surface area contributed by atoms with Gasteiger partial charge in [0.2, 0.25) is 0 Å². The SMILES string of the molecule is CC(OC(=O)c1cc([N+](=O)[O-])cn1C)C(=O)Nc1ccc(F)cc1F. The number of halogens is 2. The number of aromatic nitrogens is 1. The highest BCUT2D eigenvalue weighted by atomic mass is 19.1. The number of aryl methyl sites for hydroxylation is 1. The number of ether oxygens (including phenoxy) is 1. The van der Waals surface area contributed by atoms with Crippen LogP contribution in [0.15, 0.2) is 30.5 Å². The van der Waals surface area contributed by atoms with Crippen LogP contribution >= 0.6 is 0 Å². The van der Waals surface area contributed by atoms with Gasteiger partial charge in [-0.3, -0.25) is 14.9 Å². The second-order valence-corrected chi connectivity index (χ2v) is 5.11. The molecule has 1 atom stereocenters. The van der Waals surface area contributed by atoms with Crippen LogP contribution in [0.5, 0.6) is 0 Å². The highest BCUT2D eigenvalue weighted by Crippen LogP contribution is 2.18. The van der Waals surface area contributed by atoms with Gasteiger partial charge in [-0.15, -0.1) is 0 Å². The zero-order chi connectivity index (χ0) is 18.7. The molecule has 2 aromatic rings. The summed E-state index contributed by atoms with van der Waals surface area (Å²) in [5, 5.41) is 12.9. The Labute approximate surface area is 140 Å². The van der Waals surface area contributed by atoms with Crippen LogP contribution in [-0.2, 0) is 16.6 Å². The van der Waals surface area contributed by atoms with Gasteiger partial charge in [0, 0.05) is 19.2 Å². The van der Waals surface area contributed by atoms with Gasteiger partial charge in [0.1, 0.15) is 17.3 Å². The van der Waals surface area contributed by atoms with Crippen molar-refractivity contribution in [3.63, 3.8) is 0 Å². The molecule has 25 heavy (non-hydrogen) atoms. The normalized spacial score (nSPS) is 11.7. The van der Waals surface area contributed by atoms with Crippen LogP contribution in [0.2, 0.25) is 0 Å². The second-order valence-electron chi connectivity index (χ2n) is 5.11. The fraction of sp³-hybridized carbons (Fsp3) is 0.200. The van der Waals surface area contributed by atoms with E-state index >= 15 is 0 Å². The third-order valence-electron chi connectivity index (χ3n) is 3.25. The summed E-state index contributed by atoms with van der Waals surface area (Å²) in [6.07, 6.45) is -0.194. The topological polar surface area (TPSA) is 103 Å². The maximum atomic E-state index is 13.5. The summed E-state index contributed by atoms with van der Waals surface area (Å²) in [5.74, 6) is -3.59. The van der Waals surface area contributed by atoms with E-state index < -0.39 is 34.5 Å². The Morgan fingerprint density at radius 1 is 1.32 bits per heavy atom. The van der Waals surface area contributed by atoms with E-state index in [-0.39, 0.29) is 17.1 Å². The zero-order valence-corrected chi connectivity index (χ0v) is 13.2. The van der Waals surface area contributed by atoms with Gasteiger partial charge in [0.25, 0.3) is 11.6 Å². The largest absolute Gasteiger partial charge is 0.448 e. The molecule has 1 aromatic heterocycles. The molecular weight excluding hydrogens is 340 g/mol. The Kier molecular flexibility index (Phi) is 5.11. The molecule has 0 aliphatic carbocycles. The van der Waals surface area contributed by atoms with Crippen molar-refractivity contribution in [3.05, 3.63) is 57.9 Å². The van der Waals surface area contributed by atoms with E-state index in [1.807, 2.05) is 0 Å². The summed E-state index contributed by atoms with van der Waals surface area (Å²) in [6.45, 7) is 1.24. The molecule has 0 saturated carbocycles. The first-order chi connectivity index (χ1) is 11.7. The van der Waals surface area contributed by atoms with E-state index in [9.17, 15) is 28.5 Å². The van der Waals surface area contributed by atoms with Crippen molar-refractivity contribution in [2.75, 3.05) is 5.32 Å². The third-order valence-corrected chi connectivity index (χ3v) is 3.25. The van der Waals surface area contributed by atoms with Gasteiger partial charge >= 0.3 is 5.97 Å². The van der Waals surface area contributed by atoms with Gasteiger partial charge < -0.3 is 14.6 Å². The van der Waals surface area contributed by atoms with Crippen molar-refractivity contribution in [2.24, 2.45) is 7.05 Å². The number of benzene rings is 1. The zero-order valence-electron chi connectivity index (χ0n) is 13.2. The van der Waals surface area contributed by atoms with Gasteiger partial charge in [0.15, 0.2) is 6.10 Å². The molecule has 0 spiro atoms. The molecular formula is C15H13F2N3O5. The number of nitrogens with zero attached hydrogens (tertiary/aromatic N) is 2. The maximum Gasteiger partial charge on any atom is 0.355 e. The van der Waals surface area contributed by atoms with Crippen LogP contribution in [0.25, 0.3) is 0 Å². The molecule has 0 aliphatic rings. The third kappa shape index (κ3) is 4.16. The van der Waals surface area contributed by atoms with Crippen LogP contribution in [0.1, 0.15) is 17.4 Å². The summed E-state index contributed by atoms with van der Waals surface area (Å²) < 4.78 is 32.4. The lowest BCUT2D eigenvalue weighted by molar-refractivity contribution is -0.384. The number of carbonyl (C=O) groups is 2. The van der Waals surface area contributed by atoms with Crippen LogP contribution in [0, 0.1) is 21.7 Å². The number of rotatable bonds is 5. The molecule has 0 bridgehead atoms. The molecule has 8 nitrogen and oxygen atoms in total. The average molecular weight is 353 g/mol. The Hall–Kier alpha value is -3.30. The number of hydrogen-bond acceptors (Lipinski definition) is 5. The van der Waals surface area contributed by atoms with Gasteiger partial charge in [-0.25, -0.2) is 13.6 Å². The molecule has 10 heteroatoms. The molecule has 1 aromatic carbocycles. The first kappa shape index (κ1) is 18.0. The summed E-state index contributed by atoms with van der Waals surface area (Å²) in [7, 11) is 1.40. The smallest absolute Gasteiger partial charge is 0.355 e. The van der Waals surface area contributed by atoms with Crippen LogP contribution in [0.3, 0.4) is 0 Å². The van der Waals surface area contributed by atoms with Crippen molar-refractivity contribution in [3.8, 4) is 0 Å². The monoisotopic (exact) mass is 353 g/mol. The number of hydrogen-bond donors (Lipinski definition) is 1. The number of esters is 1. The van der Waals surface area contributed by atoms with Crippen molar-refractivity contribution < 1.29 is 28.0 Å². The van der Waals surface area contributed by atoms with Crippen LogP contribution < -0.4 is 5.32 Å². The van der Waals surface area contributed by atoms with Gasteiger partial charge in [0.05, 0.1) is 16.8 Å². The number of nitro groups is 1. The summed E-state index contributed by atoms with van der Waals surface area (Å²) in [4.78, 5) is 34.0. The van der Waals surface area contributed by atoms with Crippen LogP contribution in [-0.4, -0.2) is 27.5 Å². The van der Waals surface area contributed by atoms with E-state index in [2.05, 4.69) is 5.32 Å². The lowest BCUT2D eigenvalue weighted by Gasteiger charge is -2.14. The number of carbonyl (C=O) groups excluding carboxylic acids is 2. The number of nitrogens with one attached hydrogen (secondary N) is 1. The Balaban J connectivity index is 2.05. The quantitative estimate of drug-likeness (QED) is 0.505. The molecule has 132 valence electrons. The predicted octanol–water partition coefficient (Wildman–Crippen LogP) is 2.40. The molecule has 0 saturated heterocycles. The molecule has 2 rings (SSSR count). The lowest BCUT2D eigenvalue weighted by atomic mass is 10.2. The number of amides is 1. The van der Waals surface area contributed by atoms with Gasteiger partial charge in [-0.05, 0) is 19.1 Å². The van der Waals surface area contributed by atoms with E-state index in [0.29, 0.717) is 6.07 Å². The minimum atomic E-state index is -1.31. The van der Waals surface area contributed by atoms with E-state index in [4.69, 9.17) is 4.74 Å². The van der Waals surface area contributed by atoms with Crippen molar-refractivity contribution in [1.82, 2.24) is 4.57 Å². The van der Waals surface area contributed by atoms with Crippen molar-refractivity contribution in [1.29, 1.82) is 0 Å². The highest BCUT2D eigenvalue weighted by Gasteiger charge is 2.24. The average Bonchev–Trinajstić information content (AvgIpc) is 2.92. The predicted molar refractivity (Wildman–Crippen MR) is 81.9 cm³/mol. The summed E-state index contributed by atoms with van der Waals surface area (Å²) >= 11 is 0. The van der Waals surface area contributed by atoms with E-state index in [1.165, 1.54) is 18.5 Å². The highest BCUT2D eigenvalue weighted by molar-refractivity contribution is 5.97. The minimum Gasteiger partial charge on any atom is -0.448 e. The Bertz CT molecular complexity index is 850. The van der Waals surface area contributed by atoms with E-state index in [0.717, 1.165) is 24.4 Å². The molecule has 1 amide bonds. The van der Waals surface area contributed by atoms with Gasteiger partial charge in [-0.2, -0.15) is 0 Å². The molecule has 1 unspecified atom stereocenters. The summed E-state index contributed by atoms with van der Waals surface area (Å²) in [6, 6.07) is 3.58. The Morgan fingerprint density at radius 3 is 2.56 bits per heavy atom. The molecule has 0 fully saturated rings. The fourth-order valence-electron chi connectivity index (χ4n) is 1.95. The fourth-order valence-corrected chi connectivity index (χ4v) is 1.95. The molecule has 1 N–H and O–H groups in total. The van der Waals surface area contributed by atoms with Crippen molar-refractivity contribution >= 4 is 23.3 Å². The molecule has 1 heterocycles. The first-order valence-corrected chi connectivity index (χ1v) is 6.96. The van der Waals surface area contributed by atoms with Crippen molar-refractivity contribution in [2.45, 2.75) is 13.0 Å². The second kappa shape index (κ2) is 7.07. The molecule has 0 aliphatic heterocycles. The van der Waals surface area contributed by atoms with Gasteiger partial charge in [-0.1, -0.05) is 0 Å². The van der Waals surface area contributed by atoms with Crippen LogP contribution in [0.4, 0.5) is 20.2 Å².